The molecule has 0 bridgehead atoms. The molecule has 5 aromatic rings. The van der Waals surface area contributed by atoms with Gasteiger partial charge in [-0.2, -0.15) is 9.78 Å². The SMILES string of the molecule is Cc1nc(-n2nc(-c3cccs3)cc2NC(=O)c2ccccc2I)[nH]c(=O)c1Cc1ccccc1. The van der Waals surface area contributed by atoms with E-state index >= 15 is 0 Å². The number of carbonyl (C=O) groups excluding carboxylic acids is 1. The minimum Gasteiger partial charge on any atom is -0.306 e. The molecule has 5 rings (SSSR count). The van der Waals surface area contributed by atoms with Gasteiger partial charge in [-0.05, 0) is 58.7 Å². The average molecular weight is 593 g/mol. The minimum atomic E-state index is -0.270. The van der Waals surface area contributed by atoms with E-state index in [9.17, 15) is 9.59 Å². The van der Waals surface area contributed by atoms with Gasteiger partial charge in [0.1, 0.15) is 11.5 Å². The predicted octanol–water partition coefficient (Wildman–Crippen LogP) is 5.44. The number of halogens is 1. The van der Waals surface area contributed by atoms with E-state index < -0.39 is 0 Å². The molecule has 2 aromatic carbocycles. The summed E-state index contributed by atoms with van der Waals surface area (Å²) >= 11 is 3.67. The van der Waals surface area contributed by atoms with E-state index in [1.807, 2.05) is 73.0 Å². The van der Waals surface area contributed by atoms with E-state index in [2.05, 4.69) is 43.0 Å². The second kappa shape index (κ2) is 9.96. The number of nitrogens with one attached hydrogen (secondary N) is 2. The van der Waals surface area contributed by atoms with Crippen molar-refractivity contribution in [3.63, 3.8) is 0 Å². The maximum Gasteiger partial charge on any atom is 0.257 e. The van der Waals surface area contributed by atoms with Gasteiger partial charge in [0.15, 0.2) is 0 Å². The smallest absolute Gasteiger partial charge is 0.257 e. The monoisotopic (exact) mass is 593 g/mol. The van der Waals surface area contributed by atoms with Crippen molar-refractivity contribution < 1.29 is 4.79 Å². The van der Waals surface area contributed by atoms with E-state index in [1.165, 1.54) is 16.0 Å². The number of anilines is 1. The molecule has 0 saturated carbocycles. The number of aromatic amines is 1. The maximum atomic E-state index is 13.1. The Morgan fingerprint density at radius 1 is 1.09 bits per heavy atom. The molecule has 0 unspecified atom stereocenters. The molecule has 9 heteroatoms. The summed E-state index contributed by atoms with van der Waals surface area (Å²) in [6.07, 6.45) is 0.477. The lowest BCUT2D eigenvalue weighted by Gasteiger charge is -2.11. The molecule has 0 atom stereocenters. The summed E-state index contributed by atoms with van der Waals surface area (Å²) in [6, 6.07) is 22.8. The van der Waals surface area contributed by atoms with Crippen molar-refractivity contribution in [1.29, 1.82) is 0 Å². The van der Waals surface area contributed by atoms with Crippen molar-refractivity contribution in [3.8, 4) is 16.5 Å². The quantitative estimate of drug-likeness (QED) is 0.257. The third-order valence-corrected chi connectivity index (χ3v) is 7.31. The van der Waals surface area contributed by atoms with Crippen LogP contribution in [0, 0.1) is 10.5 Å². The highest BCUT2D eigenvalue weighted by molar-refractivity contribution is 14.1. The summed E-state index contributed by atoms with van der Waals surface area (Å²) in [7, 11) is 0. The Kier molecular flexibility index (Phi) is 6.60. The molecular weight excluding hydrogens is 573 g/mol. The van der Waals surface area contributed by atoms with Gasteiger partial charge in [-0.15, -0.1) is 11.3 Å². The number of rotatable bonds is 6. The summed E-state index contributed by atoms with van der Waals surface area (Å²) < 4.78 is 2.31. The van der Waals surface area contributed by atoms with E-state index in [1.54, 1.807) is 12.1 Å². The van der Waals surface area contributed by atoms with Gasteiger partial charge < -0.3 is 5.32 Å². The first-order valence-electron chi connectivity index (χ1n) is 10.8. The number of aryl methyl sites for hydroxylation is 1. The van der Waals surface area contributed by atoms with Crippen LogP contribution in [-0.4, -0.2) is 25.7 Å². The van der Waals surface area contributed by atoms with Gasteiger partial charge in [0.05, 0.1) is 16.1 Å². The van der Waals surface area contributed by atoms with E-state index in [0.29, 0.717) is 34.8 Å². The van der Waals surface area contributed by atoms with Crippen LogP contribution in [0.25, 0.3) is 16.5 Å². The summed E-state index contributed by atoms with van der Waals surface area (Å²) in [5.41, 5.74) is 3.21. The highest BCUT2D eigenvalue weighted by Crippen LogP contribution is 2.28. The molecule has 0 spiro atoms. The fourth-order valence-electron chi connectivity index (χ4n) is 3.71. The highest BCUT2D eigenvalue weighted by atomic mass is 127. The standard InChI is InChI=1S/C26H20IN5O2S/c1-16-19(14-17-8-3-2-4-9-17)25(34)30-26(28-16)32-23(15-21(31-32)22-12-7-13-35-22)29-24(33)18-10-5-6-11-20(18)27/h2-13,15H,14H2,1H3,(H,29,33)(H,28,30,34). The Bertz CT molecular complexity index is 1560. The van der Waals surface area contributed by atoms with E-state index in [4.69, 9.17) is 0 Å². The van der Waals surface area contributed by atoms with E-state index in [-0.39, 0.29) is 17.4 Å². The number of carbonyl (C=O) groups is 1. The van der Waals surface area contributed by atoms with Crippen LogP contribution in [0.5, 0.6) is 0 Å². The van der Waals surface area contributed by atoms with Gasteiger partial charge in [0, 0.05) is 21.6 Å². The normalized spacial score (nSPS) is 10.9. The van der Waals surface area contributed by atoms with Crippen LogP contribution >= 0.6 is 33.9 Å². The fraction of sp³-hybridized carbons (Fsp3) is 0.0769. The molecule has 0 aliphatic carbocycles. The van der Waals surface area contributed by atoms with Crippen molar-refractivity contribution >= 4 is 45.7 Å². The first kappa shape index (κ1) is 23.2. The molecule has 0 radical (unpaired) electrons. The molecule has 3 aromatic heterocycles. The summed E-state index contributed by atoms with van der Waals surface area (Å²) in [5, 5.41) is 9.57. The van der Waals surface area contributed by atoms with Crippen LogP contribution in [-0.2, 0) is 6.42 Å². The molecule has 3 heterocycles. The van der Waals surface area contributed by atoms with Gasteiger partial charge in [-0.3, -0.25) is 14.6 Å². The van der Waals surface area contributed by atoms with Gasteiger partial charge >= 0.3 is 0 Å². The third-order valence-electron chi connectivity index (χ3n) is 5.48. The zero-order chi connectivity index (χ0) is 24.4. The Morgan fingerprint density at radius 2 is 1.86 bits per heavy atom. The number of hydrogen-bond acceptors (Lipinski definition) is 5. The fourth-order valence-corrected chi connectivity index (χ4v) is 5.02. The third kappa shape index (κ3) is 4.96. The van der Waals surface area contributed by atoms with Crippen LogP contribution in [0.3, 0.4) is 0 Å². The Labute approximate surface area is 219 Å². The van der Waals surface area contributed by atoms with Crippen molar-refractivity contribution in [1.82, 2.24) is 19.7 Å². The second-order valence-electron chi connectivity index (χ2n) is 7.85. The number of hydrogen-bond donors (Lipinski definition) is 2. The number of amides is 1. The second-order valence-corrected chi connectivity index (χ2v) is 9.96. The highest BCUT2D eigenvalue weighted by Gasteiger charge is 2.19. The summed E-state index contributed by atoms with van der Waals surface area (Å²) in [5.74, 6) is 0.384. The van der Waals surface area contributed by atoms with Crippen LogP contribution in [0.15, 0.2) is 83.0 Å². The van der Waals surface area contributed by atoms with Crippen LogP contribution in [0.1, 0.15) is 27.2 Å². The lowest BCUT2D eigenvalue weighted by Crippen LogP contribution is -2.22. The zero-order valence-electron chi connectivity index (χ0n) is 18.7. The van der Waals surface area contributed by atoms with Crippen molar-refractivity contribution in [2.45, 2.75) is 13.3 Å². The molecule has 0 saturated heterocycles. The minimum absolute atomic E-state index is 0.237. The van der Waals surface area contributed by atoms with Crippen molar-refractivity contribution in [3.05, 3.63) is 114 Å². The molecular formula is C26H20IN5O2S. The first-order chi connectivity index (χ1) is 17.0. The van der Waals surface area contributed by atoms with Gasteiger partial charge in [0.25, 0.3) is 11.5 Å². The molecule has 0 aliphatic rings. The Morgan fingerprint density at radius 3 is 2.57 bits per heavy atom. The Balaban J connectivity index is 1.55. The van der Waals surface area contributed by atoms with E-state index in [0.717, 1.165) is 14.0 Å². The van der Waals surface area contributed by atoms with Crippen molar-refractivity contribution in [2.75, 3.05) is 5.32 Å². The zero-order valence-corrected chi connectivity index (χ0v) is 21.6. The molecule has 0 fully saturated rings. The van der Waals surface area contributed by atoms with Crippen LogP contribution < -0.4 is 10.9 Å². The number of benzene rings is 2. The molecule has 2 N–H and O–H groups in total. The van der Waals surface area contributed by atoms with Crippen molar-refractivity contribution in [2.24, 2.45) is 0 Å². The summed E-state index contributed by atoms with van der Waals surface area (Å²) in [4.78, 5) is 34.6. The predicted molar refractivity (Wildman–Crippen MR) is 146 cm³/mol. The number of aromatic nitrogens is 4. The first-order valence-corrected chi connectivity index (χ1v) is 12.8. The molecule has 35 heavy (non-hydrogen) atoms. The average Bonchev–Trinajstić information content (AvgIpc) is 3.52. The molecule has 7 nitrogen and oxygen atoms in total. The van der Waals surface area contributed by atoms with Crippen LogP contribution in [0.2, 0.25) is 0 Å². The van der Waals surface area contributed by atoms with Gasteiger partial charge in [-0.1, -0.05) is 48.5 Å². The molecule has 0 aliphatic heterocycles. The van der Waals surface area contributed by atoms with Gasteiger partial charge in [-0.25, -0.2) is 4.98 Å². The largest absolute Gasteiger partial charge is 0.306 e. The lowest BCUT2D eigenvalue weighted by atomic mass is 10.1. The molecule has 1 amide bonds. The Hall–Kier alpha value is -3.57. The lowest BCUT2D eigenvalue weighted by molar-refractivity contribution is 0.102. The summed E-state index contributed by atoms with van der Waals surface area (Å²) in [6.45, 7) is 1.81. The molecule has 174 valence electrons. The maximum absolute atomic E-state index is 13.1. The van der Waals surface area contributed by atoms with Crippen LogP contribution in [0.4, 0.5) is 5.82 Å². The number of thiophene rings is 1. The number of H-pyrrole nitrogens is 1. The number of nitrogens with zero attached hydrogens (tertiary/aromatic N) is 3. The van der Waals surface area contributed by atoms with Gasteiger partial charge in [0.2, 0.25) is 5.95 Å². The topological polar surface area (TPSA) is 92.7 Å².